The van der Waals surface area contributed by atoms with Crippen molar-refractivity contribution in [2.24, 2.45) is 22.6 Å². The lowest BCUT2D eigenvalue weighted by atomic mass is 10.2. The summed E-state index contributed by atoms with van der Waals surface area (Å²) in [6, 6.07) is 8.72. The van der Waals surface area contributed by atoms with Gasteiger partial charge in [0.2, 0.25) is 5.96 Å². The SMILES string of the molecule is N/N=C(\NN)NC(=O)N(N)Cc1ccccc1. The molecule has 1 aromatic rings. The molecule has 0 bridgehead atoms. The predicted octanol–water partition coefficient (Wildman–Crippen LogP) is -1.24. The monoisotopic (exact) mass is 237 g/mol. The second kappa shape index (κ2) is 6.30. The van der Waals surface area contributed by atoms with Crippen LogP contribution in [-0.4, -0.2) is 17.0 Å². The van der Waals surface area contributed by atoms with E-state index in [0.717, 1.165) is 10.6 Å². The zero-order valence-corrected chi connectivity index (χ0v) is 9.13. The van der Waals surface area contributed by atoms with Crippen LogP contribution in [0.4, 0.5) is 4.79 Å². The molecule has 0 spiro atoms. The lowest BCUT2D eigenvalue weighted by Crippen LogP contribution is -2.52. The molecule has 8 N–H and O–H groups in total. The predicted molar refractivity (Wildman–Crippen MR) is 63.6 cm³/mol. The van der Waals surface area contributed by atoms with Crippen molar-refractivity contribution in [3.05, 3.63) is 35.9 Å². The van der Waals surface area contributed by atoms with Gasteiger partial charge in [0, 0.05) is 0 Å². The molecule has 17 heavy (non-hydrogen) atoms. The Kier molecular flexibility index (Phi) is 4.73. The molecule has 0 aliphatic carbocycles. The maximum atomic E-state index is 11.5. The smallest absolute Gasteiger partial charge is 0.320 e. The van der Waals surface area contributed by atoms with Crippen LogP contribution in [0.5, 0.6) is 0 Å². The van der Waals surface area contributed by atoms with E-state index in [1.165, 1.54) is 0 Å². The summed E-state index contributed by atoms with van der Waals surface area (Å²) in [4.78, 5) is 11.5. The van der Waals surface area contributed by atoms with Crippen LogP contribution in [0.2, 0.25) is 0 Å². The maximum Gasteiger partial charge on any atom is 0.338 e. The third kappa shape index (κ3) is 3.97. The quantitative estimate of drug-likeness (QED) is 0.144. The van der Waals surface area contributed by atoms with E-state index in [1.807, 2.05) is 30.3 Å². The molecule has 0 atom stereocenters. The number of nitrogens with zero attached hydrogens (tertiary/aromatic N) is 2. The summed E-state index contributed by atoms with van der Waals surface area (Å²) in [5.41, 5.74) is 3.01. The normalized spacial score (nSPS) is 10.8. The number of carbonyl (C=O) groups excluding carboxylic acids is 1. The molecule has 1 rings (SSSR count). The van der Waals surface area contributed by atoms with E-state index in [0.29, 0.717) is 0 Å². The fraction of sp³-hybridized carbons (Fsp3) is 0.111. The first-order valence-corrected chi connectivity index (χ1v) is 4.79. The first kappa shape index (κ1) is 12.7. The number of hydrazine groups is 2. The Morgan fingerprint density at radius 1 is 1.35 bits per heavy atom. The zero-order chi connectivity index (χ0) is 12.7. The minimum absolute atomic E-state index is 0.0708. The summed E-state index contributed by atoms with van der Waals surface area (Å²) in [6.07, 6.45) is 0. The number of amides is 2. The standard InChI is InChI=1S/C9H15N7O/c10-14-8(15-11)13-9(17)16(12)6-7-4-2-1-3-5-7/h1-5H,6,10-12H2,(H2,13,14,15,17). The van der Waals surface area contributed by atoms with Crippen LogP contribution >= 0.6 is 0 Å². The number of nitrogens with two attached hydrogens (primary N) is 3. The third-order valence-corrected chi connectivity index (χ3v) is 1.95. The van der Waals surface area contributed by atoms with E-state index in [9.17, 15) is 4.79 Å². The van der Waals surface area contributed by atoms with E-state index in [4.69, 9.17) is 17.5 Å². The lowest BCUT2D eigenvalue weighted by molar-refractivity contribution is 0.201. The first-order chi connectivity index (χ1) is 8.17. The number of hydrogen-bond acceptors (Lipinski definition) is 5. The lowest BCUT2D eigenvalue weighted by Gasteiger charge is -2.17. The highest BCUT2D eigenvalue weighted by Gasteiger charge is 2.11. The number of benzene rings is 1. The molecule has 0 aliphatic rings. The molecule has 92 valence electrons. The molecule has 0 aromatic heterocycles. The summed E-state index contributed by atoms with van der Waals surface area (Å²) >= 11 is 0. The number of guanidine groups is 1. The van der Waals surface area contributed by atoms with E-state index >= 15 is 0 Å². The van der Waals surface area contributed by atoms with Crippen molar-refractivity contribution in [1.29, 1.82) is 0 Å². The Morgan fingerprint density at radius 3 is 2.53 bits per heavy atom. The van der Waals surface area contributed by atoms with Crippen molar-refractivity contribution in [2.75, 3.05) is 0 Å². The Labute approximate surface area is 98.4 Å². The molecule has 0 radical (unpaired) electrons. The highest BCUT2D eigenvalue weighted by Crippen LogP contribution is 2.00. The first-order valence-electron chi connectivity index (χ1n) is 4.79. The number of urea groups is 1. The van der Waals surface area contributed by atoms with Gasteiger partial charge in [0.15, 0.2) is 0 Å². The average Bonchev–Trinajstić information content (AvgIpc) is 2.36. The molecular formula is C9H15N7O. The van der Waals surface area contributed by atoms with Crippen molar-refractivity contribution in [2.45, 2.75) is 6.54 Å². The number of carbonyl (C=O) groups is 1. The minimum Gasteiger partial charge on any atom is -0.320 e. The minimum atomic E-state index is -0.573. The molecule has 0 fully saturated rings. The number of hydrazone groups is 1. The Morgan fingerprint density at radius 2 is 2.00 bits per heavy atom. The molecule has 0 saturated heterocycles. The largest absolute Gasteiger partial charge is 0.338 e. The van der Waals surface area contributed by atoms with Crippen LogP contribution in [-0.2, 0) is 6.54 Å². The Balaban J connectivity index is 2.53. The van der Waals surface area contributed by atoms with Crippen molar-refractivity contribution in [3.63, 3.8) is 0 Å². The van der Waals surface area contributed by atoms with E-state index < -0.39 is 6.03 Å². The van der Waals surface area contributed by atoms with Gasteiger partial charge < -0.3 is 5.84 Å². The molecule has 0 unspecified atom stereocenters. The van der Waals surface area contributed by atoms with Gasteiger partial charge in [-0.3, -0.25) is 15.8 Å². The molecular weight excluding hydrogens is 222 g/mol. The van der Waals surface area contributed by atoms with Gasteiger partial charge in [0.1, 0.15) is 0 Å². The highest BCUT2D eigenvalue weighted by molar-refractivity contribution is 5.95. The van der Waals surface area contributed by atoms with Crippen molar-refractivity contribution >= 4 is 12.0 Å². The molecule has 0 saturated carbocycles. The topological polar surface area (TPSA) is 135 Å². The second-order valence-electron chi connectivity index (χ2n) is 3.17. The van der Waals surface area contributed by atoms with Gasteiger partial charge in [-0.05, 0) is 5.56 Å². The van der Waals surface area contributed by atoms with Crippen molar-refractivity contribution < 1.29 is 4.79 Å². The Hall–Kier alpha value is -2.32. The van der Waals surface area contributed by atoms with E-state index in [2.05, 4.69) is 15.8 Å². The second-order valence-corrected chi connectivity index (χ2v) is 3.17. The van der Waals surface area contributed by atoms with Crippen LogP contribution < -0.4 is 28.3 Å². The van der Waals surface area contributed by atoms with Crippen LogP contribution in [0.3, 0.4) is 0 Å². The Bertz CT molecular complexity index is 392. The van der Waals surface area contributed by atoms with Crippen LogP contribution in [0.1, 0.15) is 5.56 Å². The average molecular weight is 237 g/mol. The van der Waals surface area contributed by atoms with Crippen LogP contribution in [0.25, 0.3) is 0 Å². The zero-order valence-electron chi connectivity index (χ0n) is 9.13. The summed E-state index contributed by atoms with van der Waals surface area (Å²) in [5, 5.41) is 6.47. The summed E-state index contributed by atoms with van der Waals surface area (Å²) in [7, 11) is 0. The summed E-state index contributed by atoms with van der Waals surface area (Å²) < 4.78 is 0. The fourth-order valence-electron chi connectivity index (χ4n) is 1.13. The summed E-state index contributed by atoms with van der Waals surface area (Å²) in [6.45, 7) is 0.259. The van der Waals surface area contributed by atoms with Crippen LogP contribution in [0.15, 0.2) is 35.4 Å². The number of nitrogens with one attached hydrogen (secondary N) is 2. The van der Waals surface area contributed by atoms with Gasteiger partial charge in [0.25, 0.3) is 0 Å². The van der Waals surface area contributed by atoms with E-state index in [-0.39, 0.29) is 12.5 Å². The molecule has 8 nitrogen and oxygen atoms in total. The van der Waals surface area contributed by atoms with E-state index in [1.54, 1.807) is 0 Å². The number of rotatable bonds is 2. The van der Waals surface area contributed by atoms with Gasteiger partial charge in [-0.25, -0.2) is 16.5 Å². The third-order valence-electron chi connectivity index (χ3n) is 1.95. The molecule has 0 aliphatic heterocycles. The maximum absolute atomic E-state index is 11.5. The van der Waals surface area contributed by atoms with Crippen molar-refractivity contribution in [3.8, 4) is 0 Å². The summed E-state index contributed by atoms with van der Waals surface area (Å²) in [5.74, 6) is 15.5. The van der Waals surface area contributed by atoms with Crippen molar-refractivity contribution in [1.82, 2.24) is 15.8 Å². The van der Waals surface area contributed by atoms with Gasteiger partial charge in [0.05, 0.1) is 6.54 Å². The van der Waals surface area contributed by atoms with Crippen LogP contribution in [0, 0.1) is 0 Å². The van der Waals surface area contributed by atoms with Gasteiger partial charge in [-0.15, -0.1) is 5.10 Å². The number of hydrogen-bond donors (Lipinski definition) is 5. The molecule has 2 amide bonds. The highest BCUT2D eigenvalue weighted by atomic mass is 16.2. The molecule has 1 aromatic carbocycles. The fourth-order valence-corrected chi connectivity index (χ4v) is 1.13. The molecule has 0 heterocycles. The van der Waals surface area contributed by atoms with Gasteiger partial charge in [-0.1, -0.05) is 30.3 Å². The van der Waals surface area contributed by atoms with Gasteiger partial charge in [-0.2, -0.15) is 0 Å². The molecule has 8 heteroatoms. The van der Waals surface area contributed by atoms with Gasteiger partial charge >= 0.3 is 6.03 Å².